The summed E-state index contributed by atoms with van der Waals surface area (Å²) in [5, 5.41) is 2.68. The number of esters is 1. The maximum absolute atomic E-state index is 12.3. The molecule has 0 aliphatic carbocycles. The molecule has 1 N–H and O–H groups in total. The topological polar surface area (TPSA) is 88.9 Å². The highest BCUT2D eigenvalue weighted by Gasteiger charge is 2.35. The molecule has 0 saturated carbocycles. The van der Waals surface area contributed by atoms with Gasteiger partial charge in [-0.25, -0.2) is 4.79 Å². The van der Waals surface area contributed by atoms with Gasteiger partial charge in [-0.1, -0.05) is 6.08 Å². The zero-order chi connectivity index (χ0) is 15.9. The lowest BCUT2D eigenvalue weighted by Gasteiger charge is -2.22. The Morgan fingerprint density at radius 2 is 2.32 bits per heavy atom. The number of amides is 2. The van der Waals surface area contributed by atoms with Gasteiger partial charge in [0.1, 0.15) is 6.04 Å². The summed E-state index contributed by atoms with van der Waals surface area (Å²) in [6.45, 7) is 0.725. The van der Waals surface area contributed by atoms with Crippen LogP contribution in [-0.2, 0) is 14.3 Å². The summed E-state index contributed by atoms with van der Waals surface area (Å²) in [4.78, 5) is 36.8. The second-order valence-corrected chi connectivity index (χ2v) is 4.80. The van der Waals surface area contributed by atoms with Crippen LogP contribution in [-0.4, -0.2) is 48.9 Å². The van der Waals surface area contributed by atoms with E-state index in [0.717, 1.165) is 6.42 Å². The molecule has 1 unspecified atom stereocenters. The molecule has 0 spiro atoms. The van der Waals surface area contributed by atoms with Crippen LogP contribution in [0, 0.1) is 0 Å². The zero-order valence-corrected chi connectivity index (χ0v) is 12.3. The molecule has 22 heavy (non-hydrogen) atoms. The molecule has 7 heteroatoms. The minimum Gasteiger partial charge on any atom is -0.466 e. The second-order valence-electron chi connectivity index (χ2n) is 4.80. The molecular weight excluding hydrogens is 288 g/mol. The number of carbonyl (C=O) groups excluding carboxylic acids is 3. The van der Waals surface area contributed by atoms with Crippen LogP contribution in [0.1, 0.15) is 23.4 Å². The second kappa shape index (κ2) is 7.44. The van der Waals surface area contributed by atoms with Crippen molar-refractivity contribution in [1.29, 1.82) is 0 Å². The maximum atomic E-state index is 12.3. The molecule has 118 valence electrons. The molecule has 0 aromatic carbocycles. The highest BCUT2D eigenvalue weighted by atomic mass is 16.5. The van der Waals surface area contributed by atoms with Crippen molar-refractivity contribution >= 4 is 17.8 Å². The van der Waals surface area contributed by atoms with E-state index in [1.54, 1.807) is 12.1 Å². The number of methoxy groups -OCH3 is 1. The van der Waals surface area contributed by atoms with E-state index >= 15 is 0 Å². The summed E-state index contributed by atoms with van der Waals surface area (Å²) in [6, 6.07) is 2.70. The van der Waals surface area contributed by atoms with Crippen LogP contribution >= 0.6 is 0 Å². The lowest BCUT2D eigenvalue weighted by Crippen LogP contribution is -2.45. The summed E-state index contributed by atoms with van der Waals surface area (Å²) < 4.78 is 9.53. The average Bonchev–Trinajstić information content (AvgIpc) is 3.21. The number of furan rings is 1. The Balaban J connectivity index is 1.90. The van der Waals surface area contributed by atoms with Crippen LogP contribution in [0.5, 0.6) is 0 Å². The van der Waals surface area contributed by atoms with Gasteiger partial charge >= 0.3 is 5.97 Å². The molecular formula is C15H18N2O5. The standard InChI is InChI=1S/C15H18N2O5/c1-21-13(18)7-2-8-16-14(19)11-5-3-9-17(11)15(20)12-6-4-10-22-12/h2,4,6-7,10-11H,3,5,8-9H2,1H3,(H,16,19)/b7-2+. The lowest BCUT2D eigenvalue weighted by atomic mass is 10.2. The van der Waals surface area contributed by atoms with Crippen LogP contribution < -0.4 is 5.32 Å². The average molecular weight is 306 g/mol. The summed E-state index contributed by atoms with van der Waals surface area (Å²) in [6.07, 6.45) is 5.54. The zero-order valence-electron chi connectivity index (χ0n) is 12.3. The van der Waals surface area contributed by atoms with Crippen molar-refractivity contribution < 1.29 is 23.5 Å². The van der Waals surface area contributed by atoms with Crippen molar-refractivity contribution in [1.82, 2.24) is 10.2 Å². The van der Waals surface area contributed by atoms with E-state index in [-0.39, 0.29) is 24.1 Å². The summed E-state index contributed by atoms with van der Waals surface area (Å²) in [7, 11) is 1.28. The normalized spacial score (nSPS) is 17.7. The van der Waals surface area contributed by atoms with E-state index in [2.05, 4.69) is 10.1 Å². The van der Waals surface area contributed by atoms with Crippen molar-refractivity contribution in [2.75, 3.05) is 20.2 Å². The van der Waals surface area contributed by atoms with Gasteiger partial charge in [0, 0.05) is 19.2 Å². The molecule has 0 bridgehead atoms. The molecule has 1 fully saturated rings. The Bertz CT molecular complexity index is 564. The number of likely N-dealkylation sites (tertiary alicyclic amines) is 1. The van der Waals surface area contributed by atoms with Crippen LogP contribution in [0.4, 0.5) is 0 Å². The highest BCUT2D eigenvalue weighted by molar-refractivity contribution is 5.96. The van der Waals surface area contributed by atoms with Gasteiger partial charge in [-0.3, -0.25) is 9.59 Å². The monoisotopic (exact) mass is 306 g/mol. The number of nitrogens with zero attached hydrogens (tertiary/aromatic N) is 1. The van der Waals surface area contributed by atoms with E-state index in [1.807, 2.05) is 0 Å². The van der Waals surface area contributed by atoms with Gasteiger partial charge in [-0.05, 0) is 25.0 Å². The molecule has 2 heterocycles. The fourth-order valence-electron chi connectivity index (χ4n) is 2.32. The third-order valence-electron chi connectivity index (χ3n) is 3.40. The fraction of sp³-hybridized carbons (Fsp3) is 0.400. The first-order valence-corrected chi connectivity index (χ1v) is 7.00. The molecule has 1 saturated heterocycles. The third-order valence-corrected chi connectivity index (χ3v) is 3.40. The number of nitrogens with one attached hydrogen (secondary N) is 1. The van der Waals surface area contributed by atoms with Gasteiger partial charge in [-0.2, -0.15) is 0 Å². The number of ether oxygens (including phenoxy) is 1. The van der Waals surface area contributed by atoms with Gasteiger partial charge in [0.05, 0.1) is 13.4 Å². The van der Waals surface area contributed by atoms with E-state index in [1.165, 1.54) is 30.4 Å². The Morgan fingerprint density at radius 1 is 1.50 bits per heavy atom. The van der Waals surface area contributed by atoms with Crippen LogP contribution in [0.3, 0.4) is 0 Å². The Labute approximate surface area is 127 Å². The Morgan fingerprint density at radius 3 is 3.00 bits per heavy atom. The Hall–Kier alpha value is -2.57. The summed E-state index contributed by atoms with van der Waals surface area (Å²) in [5.74, 6) is -0.783. The number of hydrogen-bond acceptors (Lipinski definition) is 5. The molecule has 1 aliphatic rings. The molecule has 1 aromatic heterocycles. The highest BCUT2D eigenvalue weighted by Crippen LogP contribution is 2.20. The van der Waals surface area contributed by atoms with Crippen molar-refractivity contribution in [2.24, 2.45) is 0 Å². The van der Waals surface area contributed by atoms with E-state index in [4.69, 9.17) is 4.42 Å². The number of rotatable bonds is 5. The molecule has 7 nitrogen and oxygen atoms in total. The quantitative estimate of drug-likeness (QED) is 0.640. The van der Waals surface area contributed by atoms with E-state index in [0.29, 0.717) is 13.0 Å². The molecule has 0 radical (unpaired) electrons. The summed E-state index contributed by atoms with van der Waals surface area (Å²) in [5.41, 5.74) is 0. The first-order chi connectivity index (χ1) is 10.6. The van der Waals surface area contributed by atoms with Crippen molar-refractivity contribution in [3.8, 4) is 0 Å². The molecule has 1 aromatic rings. The van der Waals surface area contributed by atoms with Crippen molar-refractivity contribution in [2.45, 2.75) is 18.9 Å². The number of hydrogen-bond donors (Lipinski definition) is 1. The molecule has 2 rings (SSSR count). The SMILES string of the molecule is COC(=O)/C=C/CNC(=O)C1CCCN1C(=O)c1ccco1. The van der Waals surface area contributed by atoms with Gasteiger partial charge in [0.25, 0.3) is 5.91 Å². The maximum Gasteiger partial charge on any atom is 0.330 e. The van der Waals surface area contributed by atoms with Crippen LogP contribution in [0.2, 0.25) is 0 Å². The first-order valence-electron chi connectivity index (χ1n) is 7.00. The van der Waals surface area contributed by atoms with Crippen molar-refractivity contribution in [3.63, 3.8) is 0 Å². The third kappa shape index (κ3) is 3.75. The fourth-order valence-corrected chi connectivity index (χ4v) is 2.32. The predicted octanol–water partition coefficient (Wildman–Crippen LogP) is 0.730. The molecule has 1 aliphatic heterocycles. The van der Waals surface area contributed by atoms with E-state index < -0.39 is 12.0 Å². The van der Waals surface area contributed by atoms with Crippen LogP contribution in [0.25, 0.3) is 0 Å². The lowest BCUT2D eigenvalue weighted by molar-refractivity contribution is -0.134. The first kappa shape index (κ1) is 15.8. The van der Waals surface area contributed by atoms with E-state index in [9.17, 15) is 14.4 Å². The number of carbonyl (C=O) groups is 3. The Kier molecular flexibility index (Phi) is 5.35. The van der Waals surface area contributed by atoms with Gasteiger partial charge in [-0.15, -0.1) is 0 Å². The van der Waals surface area contributed by atoms with Gasteiger partial charge in [0.15, 0.2) is 5.76 Å². The van der Waals surface area contributed by atoms with Gasteiger partial charge in [0.2, 0.25) is 5.91 Å². The molecule has 1 atom stereocenters. The minimum atomic E-state index is -0.510. The van der Waals surface area contributed by atoms with Gasteiger partial charge < -0.3 is 19.4 Å². The largest absolute Gasteiger partial charge is 0.466 e. The van der Waals surface area contributed by atoms with Crippen molar-refractivity contribution in [3.05, 3.63) is 36.3 Å². The summed E-state index contributed by atoms with van der Waals surface area (Å²) >= 11 is 0. The minimum absolute atomic E-state index is 0.202. The molecule has 2 amide bonds. The predicted molar refractivity (Wildman–Crippen MR) is 76.9 cm³/mol. The smallest absolute Gasteiger partial charge is 0.330 e. The van der Waals surface area contributed by atoms with Crippen LogP contribution in [0.15, 0.2) is 35.0 Å².